The van der Waals surface area contributed by atoms with E-state index in [2.05, 4.69) is 5.32 Å². The Bertz CT molecular complexity index is 1160. The van der Waals surface area contributed by atoms with E-state index in [1.807, 2.05) is 60.0 Å². The number of nitrogens with one attached hydrogen (secondary N) is 1. The molecule has 158 valence electrons. The van der Waals surface area contributed by atoms with Crippen LogP contribution in [0.5, 0.6) is 0 Å². The van der Waals surface area contributed by atoms with Crippen LogP contribution in [0.4, 0.5) is 5.82 Å². The molecular weight excluding hydrogens is 400 g/mol. The number of carbonyl (C=O) groups is 1. The van der Waals surface area contributed by atoms with Crippen molar-refractivity contribution < 1.29 is 13.2 Å². The molecule has 0 atom stereocenters. The molecule has 1 N–H and O–H groups in total. The molecule has 0 radical (unpaired) electrons. The second-order valence-corrected chi connectivity index (χ2v) is 9.88. The lowest BCUT2D eigenvalue weighted by molar-refractivity contribution is -0.120. The predicted molar refractivity (Wildman–Crippen MR) is 118 cm³/mol. The van der Waals surface area contributed by atoms with Gasteiger partial charge in [0.15, 0.2) is 0 Å². The second kappa shape index (κ2) is 8.20. The number of rotatable bonds is 5. The van der Waals surface area contributed by atoms with Crippen molar-refractivity contribution >= 4 is 27.4 Å². The van der Waals surface area contributed by atoms with Gasteiger partial charge in [-0.05, 0) is 38.3 Å². The summed E-state index contributed by atoms with van der Waals surface area (Å²) in [6.07, 6.45) is 2.93. The molecule has 3 aromatic rings. The van der Waals surface area contributed by atoms with Crippen molar-refractivity contribution in [2.45, 2.75) is 26.7 Å². The maximum atomic E-state index is 13.1. The highest BCUT2D eigenvalue weighted by atomic mass is 32.2. The number of nitrogens with zero attached hydrogens (tertiary/aromatic N) is 3. The Balaban J connectivity index is 1.61. The number of imidazole rings is 1. The zero-order valence-electron chi connectivity index (χ0n) is 17.2. The van der Waals surface area contributed by atoms with Crippen LogP contribution in [0.15, 0.2) is 48.7 Å². The molecule has 0 spiro atoms. The molecule has 2 aromatic heterocycles. The van der Waals surface area contributed by atoms with Crippen LogP contribution >= 0.6 is 0 Å². The van der Waals surface area contributed by atoms with Gasteiger partial charge in [0.1, 0.15) is 17.2 Å². The number of aromatic nitrogens is 2. The third-order valence-electron chi connectivity index (χ3n) is 5.72. The molecule has 7 nitrogen and oxygen atoms in total. The molecule has 0 unspecified atom stereocenters. The Hall–Kier alpha value is -2.71. The summed E-state index contributed by atoms with van der Waals surface area (Å²) >= 11 is 0. The van der Waals surface area contributed by atoms with Gasteiger partial charge in [-0.2, -0.15) is 0 Å². The lowest BCUT2D eigenvalue weighted by Crippen LogP contribution is -2.42. The van der Waals surface area contributed by atoms with Gasteiger partial charge in [-0.25, -0.2) is 17.7 Å². The molecule has 8 heteroatoms. The number of carbonyl (C=O) groups excluding carboxylic acids is 1. The van der Waals surface area contributed by atoms with Gasteiger partial charge in [0, 0.05) is 30.8 Å². The van der Waals surface area contributed by atoms with Gasteiger partial charge in [0.2, 0.25) is 15.9 Å². The number of anilines is 1. The fraction of sp³-hybridized carbons (Fsp3) is 0.364. The number of hydrogen-bond donors (Lipinski definition) is 1. The van der Waals surface area contributed by atoms with E-state index in [4.69, 9.17) is 4.98 Å². The Morgan fingerprint density at radius 2 is 1.83 bits per heavy atom. The van der Waals surface area contributed by atoms with Crippen molar-refractivity contribution in [3.63, 3.8) is 0 Å². The Kier molecular flexibility index (Phi) is 5.62. The average Bonchev–Trinajstić information content (AvgIpc) is 3.14. The number of aryl methyl sites for hydroxylation is 1. The van der Waals surface area contributed by atoms with Crippen molar-refractivity contribution in [1.82, 2.24) is 13.7 Å². The van der Waals surface area contributed by atoms with Crippen molar-refractivity contribution in [3.05, 3.63) is 54.2 Å². The summed E-state index contributed by atoms with van der Waals surface area (Å²) in [7, 11) is -3.21. The van der Waals surface area contributed by atoms with Crippen LogP contribution in [-0.4, -0.2) is 46.9 Å². The van der Waals surface area contributed by atoms with Crippen LogP contribution in [0.3, 0.4) is 0 Å². The first kappa shape index (κ1) is 20.6. The monoisotopic (exact) mass is 426 g/mol. The fourth-order valence-corrected chi connectivity index (χ4v) is 5.05. The van der Waals surface area contributed by atoms with Gasteiger partial charge >= 0.3 is 0 Å². The molecule has 1 aliphatic heterocycles. The van der Waals surface area contributed by atoms with Gasteiger partial charge < -0.3 is 5.32 Å². The number of fused-ring (bicyclic) bond motifs is 1. The Morgan fingerprint density at radius 3 is 2.50 bits per heavy atom. The number of benzene rings is 1. The number of piperidine rings is 1. The fourth-order valence-electron chi connectivity index (χ4n) is 3.92. The Morgan fingerprint density at radius 1 is 1.13 bits per heavy atom. The predicted octanol–water partition coefficient (Wildman–Crippen LogP) is 3.31. The maximum Gasteiger partial charge on any atom is 0.228 e. The highest BCUT2D eigenvalue weighted by Gasteiger charge is 2.31. The quantitative estimate of drug-likeness (QED) is 0.678. The van der Waals surface area contributed by atoms with Crippen LogP contribution in [0.2, 0.25) is 0 Å². The van der Waals surface area contributed by atoms with E-state index in [1.165, 1.54) is 4.31 Å². The van der Waals surface area contributed by atoms with E-state index in [-0.39, 0.29) is 17.6 Å². The van der Waals surface area contributed by atoms with E-state index in [0.717, 1.165) is 22.5 Å². The number of sulfonamides is 1. The number of hydrogen-bond acceptors (Lipinski definition) is 4. The van der Waals surface area contributed by atoms with Crippen molar-refractivity contribution in [2.75, 3.05) is 24.2 Å². The normalized spacial score (nSPS) is 16.1. The molecule has 1 amide bonds. The highest BCUT2D eigenvalue weighted by molar-refractivity contribution is 7.89. The number of pyridine rings is 1. The SMILES string of the molecule is CCS(=O)(=O)N1CCC(C(=O)Nc2c(-c3ccccc3)nc3c(C)cccn23)CC1. The van der Waals surface area contributed by atoms with Crippen molar-refractivity contribution in [1.29, 1.82) is 0 Å². The third-order valence-corrected chi connectivity index (χ3v) is 7.60. The molecule has 1 aliphatic rings. The van der Waals surface area contributed by atoms with Gasteiger partial charge in [-0.15, -0.1) is 0 Å². The molecule has 0 saturated carbocycles. The summed E-state index contributed by atoms with van der Waals surface area (Å²) in [4.78, 5) is 17.9. The third kappa shape index (κ3) is 3.85. The lowest BCUT2D eigenvalue weighted by Gasteiger charge is -2.30. The minimum absolute atomic E-state index is 0.0888. The minimum Gasteiger partial charge on any atom is -0.310 e. The topological polar surface area (TPSA) is 83.8 Å². The Labute approximate surface area is 176 Å². The van der Waals surface area contributed by atoms with E-state index in [9.17, 15) is 13.2 Å². The van der Waals surface area contributed by atoms with E-state index in [1.54, 1.807) is 6.92 Å². The van der Waals surface area contributed by atoms with E-state index >= 15 is 0 Å². The van der Waals surface area contributed by atoms with Crippen LogP contribution < -0.4 is 5.32 Å². The maximum absolute atomic E-state index is 13.1. The first-order chi connectivity index (χ1) is 14.4. The molecule has 1 saturated heterocycles. The second-order valence-electron chi connectivity index (χ2n) is 7.62. The van der Waals surface area contributed by atoms with Gasteiger partial charge in [0.05, 0.1) is 5.75 Å². The van der Waals surface area contributed by atoms with Gasteiger partial charge in [-0.1, -0.05) is 36.4 Å². The summed E-state index contributed by atoms with van der Waals surface area (Å²) in [5.74, 6) is 0.413. The molecule has 0 aliphatic carbocycles. The lowest BCUT2D eigenvalue weighted by atomic mass is 9.97. The summed E-state index contributed by atoms with van der Waals surface area (Å²) in [6.45, 7) is 4.40. The minimum atomic E-state index is -3.21. The molecule has 1 aromatic carbocycles. The van der Waals surface area contributed by atoms with E-state index in [0.29, 0.717) is 31.7 Å². The van der Waals surface area contributed by atoms with Crippen LogP contribution in [0, 0.1) is 12.8 Å². The van der Waals surface area contributed by atoms with Gasteiger partial charge in [-0.3, -0.25) is 9.20 Å². The first-order valence-electron chi connectivity index (χ1n) is 10.2. The summed E-state index contributed by atoms with van der Waals surface area (Å²) in [6, 6.07) is 13.7. The molecule has 1 fully saturated rings. The molecular formula is C22H26N4O3S. The zero-order valence-corrected chi connectivity index (χ0v) is 18.0. The van der Waals surface area contributed by atoms with Crippen LogP contribution in [0.1, 0.15) is 25.3 Å². The standard InChI is InChI=1S/C22H26N4O3S/c1-3-30(28,29)25-14-11-18(12-15-25)22(27)24-21-19(17-9-5-4-6-10-17)23-20-16(2)8-7-13-26(20)21/h4-10,13,18H,3,11-12,14-15H2,1-2H3,(H,24,27). The molecule has 3 heterocycles. The highest BCUT2D eigenvalue weighted by Crippen LogP contribution is 2.31. The molecule has 0 bridgehead atoms. The molecule has 30 heavy (non-hydrogen) atoms. The van der Waals surface area contributed by atoms with E-state index < -0.39 is 10.0 Å². The van der Waals surface area contributed by atoms with Crippen molar-refractivity contribution in [3.8, 4) is 11.3 Å². The largest absolute Gasteiger partial charge is 0.310 e. The van der Waals surface area contributed by atoms with Gasteiger partial charge in [0.25, 0.3) is 0 Å². The summed E-state index contributed by atoms with van der Waals surface area (Å²) in [5, 5.41) is 3.09. The zero-order chi connectivity index (χ0) is 21.3. The van der Waals surface area contributed by atoms with Crippen molar-refractivity contribution in [2.24, 2.45) is 5.92 Å². The summed E-state index contributed by atoms with van der Waals surface area (Å²) < 4.78 is 27.6. The first-order valence-corrected chi connectivity index (χ1v) is 11.8. The molecule has 4 rings (SSSR count). The van der Waals surface area contributed by atoms with Crippen LogP contribution in [0.25, 0.3) is 16.9 Å². The smallest absolute Gasteiger partial charge is 0.228 e. The van der Waals surface area contributed by atoms with Crippen LogP contribution in [-0.2, 0) is 14.8 Å². The average molecular weight is 427 g/mol. The summed E-state index contributed by atoms with van der Waals surface area (Å²) in [5.41, 5.74) is 3.48. The number of amides is 1.